The van der Waals surface area contributed by atoms with Gasteiger partial charge in [-0.3, -0.25) is 0 Å². The van der Waals surface area contributed by atoms with E-state index in [4.69, 9.17) is 5.73 Å². The van der Waals surface area contributed by atoms with Gasteiger partial charge in [-0.15, -0.1) is 0 Å². The van der Waals surface area contributed by atoms with Gasteiger partial charge in [0.2, 0.25) is 0 Å². The summed E-state index contributed by atoms with van der Waals surface area (Å²) in [6, 6.07) is 0. The van der Waals surface area contributed by atoms with Gasteiger partial charge in [0.05, 0.1) is 5.39 Å². The van der Waals surface area contributed by atoms with Crippen molar-refractivity contribution in [2.75, 3.05) is 5.73 Å². The van der Waals surface area contributed by atoms with E-state index in [1.54, 1.807) is 0 Å². The molecule has 4 nitrogen and oxygen atoms in total. The summed E-state index contributed by atoms with van der Waals surface area (Å²) in [6.45, 7) is 1.81. The molecule has 6 heteroatoms. The van der Waals surface area contributed by atoms with Crippen molar-refractivity contribution in [3.63, 3.8) is 0 Å². The number of halogens is 1. The van der Waals surface area contributed by atoms with Gasteiger partial charge in [0.25, 0.3) is 0 Å². The van der Waals surface area contributed by atoms with E-state index in [2.05, 4.69) is 30.3 Å². The number of nitrogen functional groups attached to an aromatic ring is 1. The number of anilines is 1. The second kappa shape index (κ2) is 2.63. The molecule has 0 saturated heterocycles. The molecule has 0 fully saturated rings. The fourth-order valence-corrected chi connectivity index (χ4v) is 2.42. The van der Waals surface area contributed by atoms with Crippen molar-refractivity contribution < 1.29 is 0 Å². The lowest BCUT2D eigenvalue weighted by Crippen LogP contribution is -1.95. The zero-order valence-corrected chi connectivity index (χ0v) is 8.61. The van der Waals surface area contributed by atoms with Crippen LogP contribution in [0.2, 0.25) is 0 Å². The predicted molar refractivity (Wildman–Crippen MR) is 52.1 cm³/mol. The first-order valence-corrected chi connectivity index (χ1v) is 4.80. The molecule has 2 heterocycles. The largest absolute Gasteiger partial charge is 0.383 e. The van der Waals surface area contributed by atoms with Crippen LogP contribution in [0.3, 0.4) is 0 Å². The minimum atomic E-state index is 0.484. The second-order valence-electron chi connectivity index (χ2n) is 2.31. The lowest BCUT2D eigenvalue weighted by atomic mass is 10.4. The highest BCUT2D eigenvalue weighted by Crippen LogP contribution is 2.28. The standard InChI is InChI=1S/C6H5BrN4S/c1-2-9-5(8)3-4(7)11-12-6(3)10-2/h1H3,(H2,8,9,10). The monoisotopic (exact) mass is 244 g/mol. The molecule has 0 saturated carbocycles. The molecular formula is C6H5BrN4S. The summed E-state index contributed by atoms with van der Waals surface area (Å²) in [5, 5.41) is 0.811. The zero-order chi connectivity index (χ0) is 8.72. The Hall–Kier alpha value is -0.750. The van der Waals surface area contributed by atoms with Crippen molar-refractivity contribution in [3.8, 4) is 0 Å². The van der Waals surface area contributed by atoms with Gasteiger partial charge in [-0.05, 0) is 34.4 Å². The Kier molecular flexibility index (Phi) is 1.73. The van der Waals surface area contributed by atoms with Gasteiger partial charge in [-0.2, -0.15) is 4.37 Å². The van der Waals surface area contributed by atoms with Crippen LogP contribution in [0.15, 0.2) is 4.60 Å². The smallest absolute Gasteiger partial charge is 0.150 e. The Morgan fingerprint density at radius 3 is 2.92 bits per heavy atom. The molecule has 0 radical (unpaired) electrons. The van der Waals surface area contributed by atoms with Crippen molar-refractivity contribution in [2.45, 2.75) is 6.92 Å². The Morgan fingerprint density at radius 1 is 1.42 bits per heavy atom. The van der Waals surface area contributed by atoms with E-state index in [9.17, 15) is 0 Å². The summed E-state index contributed by atoms with van der Waals surface area (Å²) >= 11 is 4.60. The fourth-order valence-electron chi connectivity index (χ4n) is 0.957. The molecule has 0 aliphatic rings. The molecule has 2 rings (SSSR count). The van der Waals surface area contributed by atoms with Gasteiger partial charge in [-0.1, -0.05) is 0 Å². The van der Waals surface area contributed by atoms with Crippen LogP contribution < -0.4 is 5.73 Å². The van der Waals surface area contributed by atoms with Crippen LogP contribution >= 0.6 is 27.5 Å². The van der Waals surface area contributed by atoms with E-state index >= 15 is 0 Å². The Labute approximate surface area is 81.1 Å². The number of hydrogen-bond donors (Lipinski definition) is 1. The molecule has 0 aromatic carbocycles. The van der Waals surface area contributed by atoms with E-state index in [1.165, 1.54) is 11.5 Å². The number of nitrogens with zero attached hydrogens (tertiary/aromatic N) is 3. The zero-order valence-electron chi connectivity index (χ0n) is 6.21. The first-order chi connectivity index (χ1) is 5.68. The molecule has 0 atom stereocenters. The van der Waals surface area contributed by atoms with Crippen molar-refractivity contribution in [1.29, 1.82) is 0 Å². The maximum Gasteiger partial charge on any atom is 0.150 e. The van der Waals surface area contributed by atoms with Crippen LogP contribution in [-0.2, 0) is 0 Å². The average Bonchev–Trinajstić information content (AvgIpc) is 2.31. The quantitative estimate of drug-likeness (QED) is 0.767. The molecule has 0 bridgehead atoms. The third-order valence-electron chi connectivity index (χ3n) is 1.43. The van der Waals surface area contributed by atoms with E-state index in [-0.39, 0.29) is 0 Å². The van der Waals surface area contributed by atoms with Crippen LogP contribution in [-0.4, -0.2) is 14.3 Å². The van der Waals surface area contributed by atoms with Crippen molar-refractivity contribution in [3.05, 3.63) is 10.4 Å². The maximum absolute atomic E-state index is 5.69. The van der Waals surface area contributed by atoms with Crippen molar-refractivity contribution in [1.82, 2.24) is 14.3 Å². The summed E-state index contributed by atoms with van der Waals surface area (Å²) < 4.78 is 4.80. The van der Waals surface area contributed by atoms with Crippen molar-refractivity contribution >= 4 is 43.5 Å². The van der Waals surface area contributed by atoms with Crippen LogP contribution in [0.4, 0.5) is 5.82 Å². The molecule has 62 valence electrons. The van der Waals surface area contributed by atoms with E-state index in [0.29, 0.717) is 11.6 Å². The molecule has 0 unspecified atom stereocenters. The Bertz CT molecular complexity index is 438. The fraction of sp³-hybridized carbons (Fsp3) is 0.167. The number of hydrogen-bond acceptors (Lipinski definition) is 5. The lowest BCUT2D eigenvalue weighted by molar-refractivity contribution is 1.11. The van der Waals surface area contributed by atoms with E-state index in [1.807, 2.05) is 6.92 Å². The normalized spacial score (nSPS) is 10.8. The first-order valence-electron chi connectivity index (χ1n) is 3.23. The summed E-state index contributed by atoms with van der Waals surface area (Å²) in [6.07, 6.45) is 0. The van der Waals surface area contributed by atoms with Gasteiger partial charge in [0, 0.05) is 0 Å². The van der Waals surface area contributed by atoms with E-state index < -0.39 is 0 Å². The molecule has 0 aliphatic carbocycles. The van der Waals surface area contributed by atoms with Gasteiger partial charge in [-0.25, -0.2) is 9.97 Å². The molecule has 0 amide bonds. The van der Waals surface area contributed by atoms with Crippen LogP contribution in [0, 0.1) is 6.92 Å². The number of aromatic nitrogens is 3. The van der Waals surface area contributed by atoms with Gasteiger partial charge in [0.15, 0.2) is 0 Å². The minimum absolute atomic E-state index is 0.484. The Balaban J connectivity index is 2.93. The highest BCUT2D eigenvalue weighted by atomic mass is 79.9. The molecule has 0 aliphatic heterocycles. The number of aryl methyl sites for hydroxylation is 1. The van der Waals surface area contributed by atoms with Crippen molar-refractivity contribution in [2.24, 2.45) is 0 Å². The van der Waals surface area contributed by atoms with Crippen LogP contribution in [0.1, 0.15) is 5.82 Å². The summed E-state index contributed by atoms with van der Waals surface area (Å²) in [5.74, 6) is 1.16. The first kappa shape index (κ1) is 7.88. The minimum Gasteiger partial charge on any atom is -0.383 e. The van der Waals surface area contributed by atoms with Gasteiger partial charge < -0.3 is 5.73 Å². The molecular weight excluding hydrogens is 240 g/mol. The average molecular weight is 245 g/mol. The predicted octanol–water partition coefficient (Wildman–Crippen LogP) is 1.74. The van der Waals surface area contributed by atoms with Crippen LogP contribution in [0.5, 0.6) is 0 Å². The topological polar surface area (TPSA) is 64.7 Å². The lowest BCUT2D eigenvalue weighted by Gasteiger charge is -1.95. The van der Waals surface area contributed by atoms with Gasteiger partial charge >= 0.3 is 0 Å². The highest BCUT2D eigenvalue weighted by molar-refractivity contribution is 9.10. The molecule has 2 aromatic heterocycles. The van der Waals surface area contributed by atoms with E-state index in [0.717, 1.165) is 14.8 Å². The number of fused-ring (bicyclic) bond motifs is 1. The summed E-state index contributed by atoms with van der Waals surface area (Å²) in [4.78, 5) is 9.06. The summed E-state index contributed by atoms with van der Waals surface area (Å²) in [5.41, 5.74) is 5.69. The SMILES string of the molecule is Cc1nc(N)c2c(Br)nsc2n1. The maximum atomic E-state index is 5.69. The molecule has 12 heavy (non-hydrogen) atoms. The van der Waals surface area contributed by atoms with Crippen LogP contribution in [0.25, 0.3) is 10.2 Å². The molecule has 2 N–H and O–H groups in total. The molecule has 0 spiro atoms. The molecule has 2 aromatic rings. The third kappa shape index (κ3) is 1.07. The highest BCUT2D eigenvalue weighted by Gasteiger charge is 2.09. The number of nitrogens with two attached hydrogens (primary N) is 1. The number of rotatable bonds is 0. The third-order valence-corrected chi connectivity index (χ3v) is 2.98. The Morgan fingerprint density at radius 2 is 2.17 bits per heavy atom. The summed E-state index contributed by atoms with van der Waals surface area (Å²) in [7, 11) is 0. The van der Waals surface area contributed by atoms with Gasteiger partial charge in [0.1, 0.15) is 21.1 Å². The second-order valence-corrected chi connectivity index (χ2v) is 3.81.